The van der Waals surface area contributed by atoms with Gasteiger partial charge in [-0.1, -0.05) is 36.9 Å². The highest BCUT2D eigenvalue weighted by Crippen LogP contribution is 2.37. The summed E-state index contributed by atoms with van der Waals surface area (Å²) in [7, 11) is 0. The van der Waals surface area contributed by atoms with Crippen molar-refractivity contribution in [2.45, 2.75) is 38.3 Å². The van der Waals surface area contributed by atoms with Crippen LogP contribution in [0, 0.1) is 5.92 Å². The molecule has 1 amide bonds. The monoisotopic (exact) mass is 533 g/mol. The molecule has 9 heteroatoms. The lowest BCUT2D eigenvalue weighted by Gasteiger charge is -2.17. The van der Waals surface area contributed by atoms with Crippen LogP contribution in [-0.4, -0.2) is 33.8 Å². The number of thiophene rings is 1. The zero-order valence-corrected chi connectivity index (χ0v) is 22.3. The summed E-state index contributed by atoms with van der Waals surface area (Å²) in [5, 5.41) is 4.04. The SMILES string of the molecule is CCOC(=O)c1ccc(NC(=O)CSc2nc3sc4c(c3c(=O)n2-c2ccccc2)CC[C@@H](C)C4)cc1. The first-order valence-corrected chi connectivity index (χ1v) is 14.1. The van der Waals surface area contributed by atoms with Crippen LogP contribution < -0.4 is 10.9 Å². The van der Waals surface area contributed by atoms with Gasteiger partial charge in [-0.15, -0.1) is 11.3 Å². The van der Waals surface area contributed by atoms with Gasteiger partial charge in [-0.25, -0.2) is 9.78 Å². The number of rotatable bonds is 7. The van der Waals surface area contributed by atoms with E-state index in [1.807, 2.05) is 30.3 Å². The Morgan fingerprint density at radius 2 is 1.92 bits per heavy atom. The standard InChI is InChI=1S/C28H27N3O4S2/c1-3-35-27(34)18-10-12-19(13-11-18)29-23(32)16-36-28-30-25-24(21-14-9-17(2)15-22(21)37-25)26(33)31(28)20-7-5-4-6-8-20/h4-8,10-13,17H,3,9,14-16H2,1-2H3,(H,29,32)/t17-/m1/s1. The molecule has 2 heterocycles. The van der Waals surface area contributed by atoms with Crippen LogP contribution in [0.5, 0.6) is 0 Å². The van der Waals surface area contributed by atoms with Crippen LogP contribution in [0.4, 0.5) is 5.69 Å². The molecule has 37 heavy (non-hydrogen) atoms. The van der Waals surface area contributed by atoms with Gasteiger partial charge in [-0.2, -0.15) is 0 Å². The maximum Gasteiger partial charge on any atom is 0.338 e. The van der Waals surface area contributed by atoms with Crippen LogP contribution >= 0.6 is 23.1 Å². The number of ether oxygens (including phenoxy) is 1. The van der Waals surface area contributed by atoms with Gasteiger partial charge in [0.2, 0.25) is 5.91 Å². The highest BCUT2D eigenvalue weighted by atomic mass is 32.2. The normalized spacial score (nSPS) is 14.8. The van der Waals surface area contributed by atoms with Gasteiger partial charge in [0.05, 0.1) is 29.0 Å². The van der Waals surface area contributed by atoms with Gasteiger partial charge in [0.1, 0.15) is 4.83 Å². The van der Waals surface area contributed by atoms with Crippen LogP contribution in [0.2, 0.25) is 0 Å². The average molecular weight is 534 g/mol. The van der Waals surface area contributed by atoms with Gasteiger partial charge in [0.15, 0.2) is 5.16 Å². The van der Waals surface area contributed by atoms with Gasteiger partial charge in [0, 0.05) is 10.6 Å². The average Bonchev–Trinajstić information content (AvgIpc) is 3.26. The minimum atomic E-state index is -0.402. The molecule has 0 radical (unpaired) electrons. The third kappa shape index (κ3) is 5.33. The first-order valence-electron chi connectivity index (χ1n) is 12.3. The Kier molecular flexibility index (Phi) is 7.43. The molecule has 1 aliphatic rings. The molecule has 2 aromatic heterocycles. The van der Waals surface area contributed by atoms with E-state index in [4.69, 9.17) is 9.72 Å². The number of benzene rings is 2. The Morgan fingerprint density at radius 3 is 2.65 bits per heavy atom. The number of esters is 1. The second-order valence-corrected chi connectivity index (χ2v) is 11.1. The fraction of sp³-hybridized carbons (Fsp3) is 0.286. The summed E-state index contributed by atoms with van der Waals surface area (Å²) in [5.41, 5.74) is 2.78. The number of aromatic nitrogens is 2. The largest absolute Gasteiger partial charge is 0.462 e. The van der Waals surface area contributed by atoms with Crippen molar-refractivity contribution in [1.29, 1.82) is 0 Å². The highest BCUT2D eigenvalue weighted by Gasteiger charge is 2.25. The van der Waals surface area contributed by atoms with Crippen LogP contribution in [-0.2, 0) is 22.4 Å². The van der Waals surface area contributed by atoms with E-state index in [0.717, 1.165) is 35.3 Å². The zero-order chi connectivity index (χ0) is 25.9. The maximum absolute atomic E-state index is 13.8. The quantitative estimate of drug-likeness (QED) is 0.192. The van der Waals surface area contributed by atoms with Crippen LogP contribution in [0.25, 0.3) is 15.9 Å². The van der Waals surface area contributed by atoms with Crippen LogP contribution in [0.3, 0.4) is 0 Å². The summed E-state index contributed by atoms with van der Waals surface area (Å²) in [6.07, 6.45) is 2.94. The van der Waals surface area contributed by atoms with Crippen LogP contribution in [0.1, 0.15) is 41.1 Å². The molecule has 0 fully saturated rings. The number of hydrogen-bond acceptors (Lipinski definition) is 7. The summed E-state index contributed by atoms with van der Waals surface area (Å²) in [6.45, 7) is 4.30. The zero-order valence-electron chi connectivity index (χ0n) is 20.7. The Morgan fingerprint density at radius 1 is 1.16 bits per heavy atom. The molecule has 5 rings (SSSR count). The molecule has 1 aliphatic carbocycles. The Bertz CT molecular complexity index is 1510. The van der Waals surface area contributed by atoms with Gasteiger partial charge in [0.25, 0.3) is 5.56 Å². The van der Waals surface area contributed by atoms with Gasteiger partial charge < -0.3 is 10.1 Å². The molecule has 0 spiro atoms. The summed E-state index contributed by atoms with van der Waals surface area (Å²) in [4.78, 5) is 45.3. The maximum atomic E-state index is 13.8. The van der Waals surface area contributed by atoms with Gasteiger partial charge in [-0.3, -0.25) is 14.2 Å². The predicted molar refractivity (Wildman–Crippen MR) is 148 cm³/mol. The van der Waals surface area contributed by atoms with Crippen LogP contribution in [0.15, 0.2) is 64.5 Å². The topological polar surface area (TPSA) is 90.3 Å². The van der Waals surface area contributed by atoms with Crippen molar-refractivity contribution >= 4 is 50.9 Å². The molecule has 7 nitrogen and oxygen atoms in total. The number of nitrogens with one attached hydrogen (secondary N) is 1. The van der Waals surface area contributed by atoms with Crippen molar-refractivity contribution < 1.29 is 14.3 Å². The van der Waals surface area contributed by atoms with Gasteiger partial charge in [-0.05, 0) is 74.1 Å². The smallest absolute Gasteiger partial charge is 0.338 e. The number of amides is 1. The molecule has 0 bridgehead atoms. The minimum Gasteiger partial charge on any atom is -0.462 e. The van der Waals surface area contributed by atoms with E-state index >= 15 is 0 Å². The number of carbonyl (C=O) groups excluding carboxylic acids is 2. The molecule has 0 unspecified atom stereocenters. The molecule has 2 aromatic carbocycles. The summed E-state index contributed by atoms with van der Waals surface area (Å²) in [6, 6.07) is 16.0. The predicted octanol–water partition coefficient (Wildman–Crippen LogP) is 5.48. The Balaban J connectivity index is 1.41. The number of anilines is 1. The minimum absolute atomic E-state index is 0.0759. The van der Waals surface area contributed by atoms with Crippen molar-refractivity contribution in [1.82, 2.24) is 9.55 Å². The molecule has 1 N–H and O–H groups in total. The number of nitrogens with zero attached hydrogens (tertiary/aromatic N) is 2. The number of thioether (sulfide) groups is 1. The second kappa shape index (κ2) is 10.9. The number of fused-ring (bicyclic) bond motifs is 3. The van der Waals surface area contributed by atoms with E-state index in [2.05, 4.69) is 12.2 Å². The van der Waals surface area contributed by atoms with E-state index in [1.54, 1.807) is 47.1 Å². The summed E-state index contributed by atoms with van der Waals surface area (Å²) < 4.78 is 6.62. The molecule has 1 atom stereocenters. The number of carbonyl (C=O) groups is 2. The van der Waals surface area contributed by atoms with E-state index in [0.29, 0.717) is 34.3 Å². The Labute approximate surface area is 222 Å². The number of hydrogen-bond donors (Lipinski definition) is 1. The van der Waals surface area contributed by atoms with Crippen molar-refractivity contribution in [2.75, 3.05) is 17.7 Å². The third-order valence-corrected chi connectivity index (χ3v) is 8.41. The molecule has 0 saturated heterocycles. The molecule has 190 valence electrons. The van der Waals surface area contributed by atoms with Crippen molar-refractivity contribution in [3.05, 3.63) is 81.0 Å². The van der Waals surface area contributed by atoms with E-state index in [1.165, 1.54) is 16.6 Å². The lowest BCUT2D eigenvalue weighted by atomic mass is 9.89. The number of para-hydroxylation sites is 1. The fourth-order valence-electron chi connectivity index (χ4n) is 4.50. The fourth-order valence-corrected chi connectivity index (χ4v) is 6.74. The van der Waals surface area contributed by atoms with E-state index < -0.39 is 5.97 Å². The Hall–Kier alpha value is -3.43. The molecule has 0 saturated carbocycles. The van der Waals surface area contributed by atoms with Gasteiger partial charge >= 0.3 is 5.97 Å². The second-order valence-electron chi connectivity index (χ2n) is 9.04. The molecular weight excluding hydrogens is 506 g/mol. The highest BCUT2D eigenvalue weighted by molar-refractivity contribution is 7.99. The summed E-state index contributed by atoms with van der Waals surface area (Å²) in [5.74, 6) is 0.0379. The molecular formula is C28H27N3O4S2. The van der Waals surface area contributed by atoms with E-state index in [-0.39, 0.29) is 17.2 Å². The summed E-state index contributed by atoms with van der Waals surface area (Å²) >= 11 is 2.84. The molecule has 4 aromatic rings. The first kappa shape index (κ1) is 25.2. The third-order valence-electron chi connectivity index (χ3n) is 6.33. The van der Waals surface area contributed by atoms with Crippen molar-refractivity contribution in [3.63, 3.8) is 0 Å². The lowest BCUT2D eigenvalue weighted by molar-refractivity contribution is -0.113. The number of aryl methyl sites for hydroxylation is 1. The first-order chi connectivity index (χ1) is 17.9. The van der Waals surface area contributed by atoms with Crippen molar-refractivity contribution in [2.24, 2.45) is 5.92 Å². The van der Waals surface area contributed by atoms with E-state index in [9.17, 15) is 14.4 Å². The lowest BCUT2D eigenvalue weighted by Crippen LogP contribution is -2.23. The van der Waals surface area contributed by atoms with Crippen molar-refractivity contribution in [3.8, 4) is 5.69 Å². The molecule has 0 aliphatic heterocycles.